The van der Waals surface area contributed by atoms with Crippen LogP contribution in [0.2, 0.25) is 0 Å². The summed E-state index contributed by atoms with van der Waals surface area (Å²) in [6.07, 6.45) is 0. The van der Waals surface area contributed by atoms with Gasteiger partial charge in [-0.2, -0.15) is 0 Å². The third-order valence-corrected chi connectivity index (χ3v) is 8.86. The van der Waals surface area contributed by atoms with Crippen molar-refractivity contribution in [3.63, 3.8) is 0 Å². The lowest BCUT2D eigenvalue weighted by Gasteiger charge is -2.33. The van der Waals surface area contributed by atoms with Crippen LogP contribution in [-0.2, 0) is 26.3 Å². The minimum absolute atomic E-state index is 0.126. The van der Waals surface area contributed by atoms with Crippen molar-refractivity contribution in [2.75, 3.05) is 72.0 Å². The highest BCUT2D eigenvalue weighted by molar-refractivity contribution is 5.89. The standard InChI is InChI=1S/C36H44N6O8/c1-36(2,3)24-7-10-30-27(19-24)34(49)26-8-9-29(38-35(26)50-30)28-6-4-5-25(37-28)20-39-11-13-40(21-31(43)44)15-17-42(23-33(47)48)18-16-41(14-12-39)22-32(45)46/h4-10,19H,11-18,20-23H2,1-3H3,(H,43,44)(H,45,46)(H,47,48). The number of nitrogens with zero attached hydrogens (tertiary/aromatic N) is 6. The van der Waals surface area contributed by atoms with Crippen molar-refractivity contribution in [3.8, 4) is 11.4 Å². The molecule has 0 bridgehead atoms. The van der Waals surface area contributed by atoms with Gasteiger partial charge in [-0.05, 0) is 47.4 Å². The number of fused-ring (bicyclic) bond motifs is 2. The van der Waals surface area contributed by atoms with Crippen LogP contribution < -0.4 is 5.43 Å². The zero-order valence-corrected chi connectivity index (χ0v) is 28.7. The Bertz CT molecular complexity index is 1890. The second kappa shape index (κ2) is 15.9. The number of aromatic nitrogens is 2. The summed E-state index contributed by atoms with van der Waals surface area (Å²) < 4.78 is 6.10. The summed E-state index contributed by atoms with van der Waals surface area (Å²) in [4.78, 5) is 65.1. The Morgan fingerprint density at radius 3 is 1.72 bits per heavy atom. The van der Waals surface area contributed by atoms with Crippen LogP contribution in [0, 0.1) is 0 Å². The van der Waals surface area contributed by atoms with Crippen LogP contribution in [0.15, 0.2) is 57.7 Å². The molecule has 0 amide bonds. The van der Waals surface area contributed by atoms with Crippen molar-refractivity contribution in [3.05, 3.63) is 70.0 Å². The van der Waals surface area contributed by atoms with Gasteiger partial charge in [-0.3, -0.25) is 38.8 Å². The maximum atomic E-state index is 13.4. The van der Waals surface area contributed by atoms with Gasteiger partial charge in [-0.25, -0.2) is 9.97 Å². The molecule has 3 N–H and O–H groups in total. The molecular formula is C36H44N6O8. The Balaban J connectivity index is 1.38. The number of hydrogen-bond donors (Lipinski definition) is 3. The van der Waals surface area contributed by atoms with Gasteiger partial charge in [0, 0.05) is 58.9 Å². The Morgan fingerprint density at radius 1 is 0.680 bits per heavy atom. The predicted octanol–water partition coefficient (Wildman–Crippen LogP) is 2.68. The van der Waals surface area contributed by atoms with Crippen LogP contribution in [0.1, 0.15) is 32.0 Å². The second-order valence-corrected chi connectivity index (χ2v) is 13.7. The van der Waals surface area contributed by atoms with Crippen LogP contribution >= 0.6 is 0 Å². The number of carboxylic acids is 3. The first kappa shape index (κ1) is 36.5. The Labute approximate surface area is 289 Å². The average molecular weight is 689 g/mol. The number of rotatable bonds is 9. The summed E-state index contributed by atoms with van der Waals surface area (Å²) in [7, 11) is 0. The minimum Gasteiger partial charge on any atom is -0.480 e. The number of carboxylic acid groups (broad SMARTS) is 3. The van der Waals surface area contributed by atoms with E-state index in [4.69, 9.17) is 9.40 Å². The molecule has 266 valence electrons. The van der Waals surface area contributed by atoms with Crippen molar-refractivity contribution in [1.29, 1.82) is 0 Å². The zero-order valence-electron chi connectivity index (χ0n) is 28.7. The van der Waals surface area contributed by atoms with Gasteiger partial charge in [0.1, 0.15) is 5.58 Å². The molecule has 0 unspecified atom stereocenters. The molecule has 14 heteroatoms. The monoisotopic (exact) mass is 688 g/mol. The lowest BCUT2D eigenvalue weighted by Crippen LogP contribution is -2.48. The molecule has 1 fully saturated rings. The highest BCUT2D eigenvalue weighted by Gasteiger charge is 2.21. The fourth-order valence-electron chi connectivity index (χ4n) is 6.07. The minimum atomic E-state index is -1.00. The molecular weight excluding hydrogens is 644 g/mol. The van der Waals surface area contributed by atoms with Crippen LogP contribution in [-0.4, -0.2) is 135 Å². The largest absolute Gasteiger partial charge is 0.480 e. The van der Waals surface area contributed by atoms with Crippen LogP contribution in [0.4, 0.5) is 0 Å². The number of pyridine rings is 2. The Hall–Kier alpha value is -4.76. The highest BCUT2D eigenvalue weighted by Crippen LogP contribution is 2.27. The molecule has 3 aromatic heterocycles. The van der Waals surface area contributed by atoms with E-state index in [2.05, 4.69) is 30.7 Å². The Morgan fingerprint density at radius 2 is 1.20 bits per heavy atom. The van der Waals surface area contributed by atoms with Gasteiger partial charge in [0.15, 0.2) is 0 Å². The molecule has 0 saturated carbocycles. The van der Waals surface area contributed by atoms with Gasteiger partial charge in [0.2, 0.25) is 11.1 Å². The molecule has 0 radical (unpaired) electrons. The molecule has 4 heterocycles. The van der Waals surface area contributed by atoms with Gasteiger partial charge in [0.05, 0.1) is 47.5 Å². The predicted molar refractivity (Wildman–Crippen MR) is 187 cm³/mol. The molecule has 0 atom stereocenters. The Kier molecular flexibility index (Phi) is 11.6. The van der Waals surface area contributed by atoms with Crippen molar-refractivity contribution in [1.82, 2.24) is 29.6 Å². The lowest BCUT2D eigenvalue weighted by atomic mass is 9.86. The topological polar surface area (TPSA) is 181 Å². The first-order valence-electron chi connectivity index (χ1n) is 16.6. The second-order valence-electron chi connectivity index (χ2n) is 13.7. The number of hydrogen-bond acceptors (Lipinski definition) is 11. The van der Waals surface area contributed by atoms with E-state index in [0.717, 1.165) is 11.3 Å². The van der Waals surface area contributed by atoms with Crippen molar-refractivity contribution in [2.45, 2.75) is 32.7 Å². The number of benzene rings is 1. The SMILES string of the molecule is CC(C)(C)c1ccc2oc3nc(-c4cccc(CN5CCN(CC(=O)O)CCN(CC(=O)O)CCN(CC(=O)O)CC5)n4)ccc3c(=O)c2c1. The van der Waals surface area contributed by atoms with Crippen molar-refractivity contribution >= 4 is 40.0 Å². The zero-order chi connectivity index (χ0) is 36.0. The van der Waals surface area contributed by atoms with Crippen LogP contribution in [0.5, 0.6) is 0 Å². The molecule has 5 rings (SSSR count). The van der Waals surface area contributed by atoms with Gasteiger partial charge < -0.3 is 19.7 Å². The van der Waals surface area contributed by atoms with Gasteiger partial charge in [-0.15, -0.1) is 0 Å². The summed E-state index contributed by atoms with van der Waals surface area (Å²) >= 11 is 0. The van der Waals surface area contributed by atoms with E-state index in [1.807, 2.05) is 36.4 Å². The fraction of sp³-hybridized carbons (Fsp3) is 0.444. The molecule has 4 aromatic rings. The highest BCUT2D eigenvalue weighted by atomic mass is 16.4. The third-order valence-electron chi connectivity index (χ3n) is 8.86. The first-order chi connectivity index (χ1) is 23.7. The van der Waals surface area contributed by atoms with E-state index in [1.165, 1.54) is 0 Å². The normalized spacial score (nSPS) is 16.6. The lowest BCUT2D eigenvalue weighted by molar-refractivity contribution is -0.140. The van der Waals surface area contributed by atoms with E-state index >= 15 is 0 Å². The summed E-state index contributed by atoms with van der Waals surface area (Å²) in [5.41, 5.74) is 3.29. The average Bonchev–Trinajstić information content (AvgIpc) is 3.04. The van der Waals surface area contributed by atoms with E-state index in [0.29, 0.717) is 86.6 Å². The summed E-state index contributed by atoms with van der Waals surface area (Å²) in [6.45, 7) is 9.18. The van der Waals surface area contributed by atoms with Gasteiger partial charge in [0.25, 0.3) is 0 Å². The fourth-order valence-corrected chi connectivity index (χ4v) is 6.07. The van der Waals surface area contributed by atoms with Gasteiger partial charge >= 0.3 is 17.9 Å². The number of carbonyl (C=O) groups is 3. The maximum Gasteiger partial charge on any atom is 0.317 e. The summed E-state index contributed by atoms with van der Waals surface area (Å²) in [5, 5.41) is 29.3. The van der Waals surface area contributed by atoms with E-state index in [9.17, 15) is 34.5 Å². The third kappa shape index (κ3) is 9.69. The van der Waals surface area contributed by atoms with Gasteiger partial charge in [-0.1, -0.05) is 32.9 Å². The van der Waals surface area contributed by atoms with Crippen LogP contribution in [0.25, 0.3) is 33.5 Å². The van der Waals surface area contributed by atoms with Crippen molar-refractivity contribution < 1.29 is 34.1 Å². The molecule has 1 aliphatic heterocycles. The smallest absolute Gasteiger partial charge is 0.317 e. The molecule has 1 aliphatic rings. The van der Waals surface area contributed by atoms with Crippen LogP contribution in [0.3, 0.4) is 0 Å². The molecule has 1 aromatic carbocycles. The van der Waals surface area contributed by atoms with Crippen molar-refractivity contribution in [2.24, 2.45) is 0 Å². The molecule has 0 spiro atoms. The molecule has 0 aliphatic carbocycles. The first-order valence-corrected chi connectivity index (χ1v) is 16.6. The van der Waals surface area contributed by atoms with E-state index in [1.54, 1.807) is 26.8 Å². The van der Waals surface area contributed by atoms with E-state index < -0.39 is 17.9 Å². The molecule has 14 nitrogen and oxygen atoms in total. The number of aliphatic carboxylic acids is 3. The quantitative estimate of drug-likeness (QED) is 0.218. The summed E-state index contributed by atoms with van der Waals surface area (Å²) in [6, 6.07) is 14.7. The molecule has 50 heavy (non-hydrogen) atoms. The maximum absolute atomic E-state index is 13.4. The van der Waals surface area contributed by atoms with E-state index in [-0.39, 0.29) is 36.2 Å². The molecule has 1 saturated heterocycles. The summed E-state index contributed by atoms with van der Waals surface area (Å²) in [5.74, 6) is -2.95.